The Morgan fingerprint density at radius 1 is 1.42 bits per heavy atom. The lowest BCUT2D eigenvalue weighted by atomic mass is 9.91. The van der Waals surface area contributed by atoms with Gasteiger partial charge in [-0.1, -0.05) is 22.0 Å². The van der Waals surface area contributed by atoms with E-state index in [1.807, 2.05) is 5.32 Å². The van der Waals surface area contributed by atoms with Gasteiger partial charge in [0.25, 0.3) is 0 Å². The number of aliphatic carboxylic acids is 1. The molecular weight excluding hydrogens is 334 g/mol. The molecule has 19 heavy (non-hydrogen) atoms. The average molecular weight is 344 g/mol. The third-order valence-electron chi connectivity index (χ3n) is 2.54. The van der Waals surface area contributed by atoms with Crippen molar-refractivity contribution in [2.45, 2.75) is 18.6 Å². The number of rotatable bonds is 4. The highest BCUT2D eigenvalue weighted by Gasteiger charge is 2.40. The lowest BCUT2D eigenvalue weighted by molar-refractivity contribution is -0.150. The summed E-state index contributed by atoms with van der Waals surface area (Å²) in [6.07, 6.45) is -4.59. The quantitative estimate of drug-likeness (QED) is 0.826. The van der Waals surface area contributed by atoms with E-state index in [-0.39, 0.29) is 5.56 Å². The summed E-state index contributed by atoms with van der Waals surface area (Å²) in [6.45, 7) is -0.557. The number of halogens is 5. The van der Waals surface area contributed by atoms with Gasteiger partial charge in [0, 0.05) is 10.0 Å². The van der Waals surface area contributed by atoms with E-state index in [1.54, 1.807) is 0 Å². The molecule has 1 unspecified atom stereocenters. The highest BCUT2D eigenvalue weighted by atomic mass is 79.9. The highest BCUT2D eigenvalue weighted by molar-refractivity contribution is 9.10. The molecule has 0 saturated heterocycles. The van der Waals surface area contributed by atoms with Crippen molar-refractivity contribution in [3.05, 3.63) is 34.1 Å². The van der Waals surface area contributed by atoms with Crippen molar-refractivity contribution >= 4 is 21.9 Å². The van der Waals surface area contributed by atoms with Gasteiger partial charge in [-0.05, 0) is 19.1 Å². The van der Waals surface area contributed by atoms with E-state index in [0.717, 1.165) is 19.1 Å². The molecule has 0 saturated carbocycles. The molecule has 2 N–H and O–H groups in total. The van der Waals surface area contributed by atoms with Crippen LogP contribution in [0.2, 0.25) is 0 Å². The fourth-order valence-corrected chi connectivity index (χ4v) is 1.79. The maximum atomic E-state index is 13.7. The van der Waals surface area contributed by atoms with Crippen molar-refractivity contribution in [3.63, 3.8) is 0 Å². The number of carbonyl (C=O) groups is 1. The number of nitrogens with one attached hydrogen (secondary N) is 1. The van der Waals surface area contributed by atoms with Crippen molar-refractivity contribution in [1.29, 1.82) is 0 Å². The van der Waals surface area contributed by atoms with Crippen molar-refractivity contribution in [2.24, 2.45) is 0 Å². The molecule has 0 aliphatic heterocycles. The van der Waals surface area contributed by atoms with Gasteiger partial charge in [-0.3, -0.25) is 5.32 Å². The molecule has 106 valence electrons. The smallest absolute Gasteiger partial charge is 0.401 e. The van der Waals surface area contributed by atoms with E-state index >= 15 is 0 Å². The van der Waals surface area contributed by atoms with Crippen LogP contribution < -0.4 is 5.32 Å². The van der Waals surface area contributed by atoms with E-state index in [9.17, 15) is 22.4 Å². The fourth-order valence-electron chi connectivity index (χ4n) is 1.46. The van der Waals surface area contributed by atoms with Crippen LogP contribution in [-0.4, -0.2) is 23.8 Å². The maximum absolute atomic E-state index is 13.7. The summed E-state index contributed by atoms with van der Waals surface area (Å²) in [5.41, 5.74) is -2.53. The predicted octanol–water partition coefficient (Wildman–Crippen LogP) is 3.04. The standard InChI is InChI=1S/C11H10BrF4NO2/c1-10(9(18)19,17-5-11(14,15)16)7-3-2-6(12)4-8(7)13/h2-4,17H,5H2,1H3,(H,18,19). The lowest BCUT2D eigenvalue weighted by Gasteiger charge is -2.28. The molecule has 1 rings (SSSR count). The Kier molecular flexibility index (Phi) is 4.57. The second-order valence-corrected chi connectivity index (χ2v) is 4.94. The fraction of sp³-hybridized carbons (Fsp3) is 0.364. The minimum Gasteiger partial charge on any atom is -0.480 e. The second-order valence-electron chi connectivity index (χ2n) is 4.02. The molecule has 0 aliphatic rings. The molecule has 0 aromatic heterocycles. The van der Waals surface area contributed by atoms with Crippen LogP contribution in [0, 0.1) is 5.82 Å². The Hall–Kier alpha value is -1.15. The van der Waals surface area contributed by atoms with Crippen molar-refractivity contribution in [2.75, 3.05) is 6.54 Å². The Bertz CT molecular complexity index is 492. The Balaban J connectivity index is 3.15. The zero-order valence-electron chi connectivity index (χ0n) is 9.68. The van der Waals surface area contributed by atoms with Gasteiger partial charge in [-0.15, -0.1) is 0 Å². The second kappa shape index (κ2) is 5.46. The van der Waals surface area contributed by atoms with E-state index in [0.29, 0.717) is 4.47 Å². The molecular formula is C11H10BrF4NO2. The summed E-state index contributed by atoms with van der Waals surface area (Å²) in [4.78, 5) is 11.2. The first kappa shape index (κ1) is 15.9. The van der Waals surface area contributed by atoms with Crippen LogP contribution in [0.25, 0.3) is 0 Å². The zero-order chi connectivity index (χ0) is 14.8. The van der Waals surface area contributed by atoms with Crippen molar-refractivity contribution in [1.82, 2.24) is 5.32 Å². The van der Waals surface area contributed by atoms with Gasteiger partial charge in [-0.2, -0.15) is 13.2 Å². The first-order valence-corrected chi connectivity index (χ1v) is 5.86. The number of hydrogen-bond acceptors (Lipinski definition) is 2. The Labute approximate surface area is 114 Å². The molecule has 3 nitrogen and oxygen atoms in total. The predicted molar refractivity (Wildman–Crippen MR) is 63.1 cm³/mol. The van der Waals surface area contributed by atoms with Gasteiger partial charge in [-0.25, -0.2) is 9.18 Å². The lowest BCUT2D eigenvalue weighted by Crippen LogP contribution is -2.50. The molecule has 0 bridgehead atoms. The van der Waals surface area contributed by atoms with Crippen LogP contribution in [0.3, 0.4) is 0 Å². The first-order chi connectivity index (χ1) is 8.56. The van der Waals surface area contributed by atoms with Crippen LogP contribution in [0.4, 0.5) is 17.6 Å². The van der Waals surface area contributed by atoms with Crippen LogP contribution in [0.15, 0.2) is 22.7 Å². The summed E-state index contributed by atoms with van der Waals surface area (Å²) < 4.78 is 50.6. The topological polar surface area (TPSA) is 49.3 Å². The van der Waals surface area contributed by atoms with Crippen LogP contribution in [-0.2, 0) is 10.3 Å². The summed E-state index contributed by atoms with van der Waals surface area (Å²) >= 11 is 2.98. The minimum atomic E-state index is -4.59. The van der Waals surface area contributed by atoms with E-state index in [2.05, 4.69) is 15.9 Å². The molecule has 1 atom stereocenters. The molecule has 1 aromatic carbocycles. The Morgan fingerprint density at radius 3 is 2.42 bits per heavy atom. The first-order valence-electron chi connectivity index (χ1n) is 5.07. The van der Waals surface area contributed by atoms with Gasteiger partial charge in [0.05, 0.1) is 6.54 Å². The minimum absolute atomic E-state index is 0.359. The normalized spacial score (nSPS) is 15.1. The number of hydrogen-bond donors (Lipinski definition) is 2. The van der Waals surface area contributed by atoms with Gasteiger partial charge >= 0.3 is 12.1 Å². The molecule has 1 aromatic rings. The van der Waals surface area contributed by atoms with Gasteiger partial charge in [0.15, 0.2) is 0 Å². The molecule has 0 radical (unpaired) electrons. The number of alkyl halides is 3. The third-order valence-corrected chi connectivity index (χ3v) is 3.03. The Morgan fingerprint density at radius 2 is 2.00 bits per heavy atom. The summed E-state index contributed by atoms with van der Waals surface area (Å²) in [6, 6.07) is 3.47. The molecule has 0 aliphatic carbocycles. The average Bonchev–Trinajstić information content (AvgIpc) is 2.24. The molecule has 0 fully saturated rings. The molecule has 0 amide bonds. The van der Waals surface area contributed by atoms with Crippen molar-refractivity contribution < 1.29 is 27.5 Å². The van der Waals surface area contributed by atoms with Gasteiger partial charge in [0.2, 0.25) is 0 Å². The monoisotopic (exact) mass is 343 g/mol. The third kappa shape index (κ3) is 3.90. The van der Waals surface area contributed by atoms with Crippen LogP contribution >= 0.6 is 15.9 Å². The molecule has 8 heteroatoms. The van der Waals surface area contributed by atoms with Gasteiger partial charge < -0.3 is 5.11 Å². The van der Waals surface area contributed by atoms with Crippen LogP contribution in [0.1, 0.15) is 12.5 Å². The summed E-state index contributed by atoms with van der Waals surface area (Å²) in [5, 5.41) is 10.9. The SMILES string of the molecule is CC(NCC(F)(F)F)(C(=O)O)c1ccc(Br)cc1F. The van der Waals surface area contributed by atoms with Crippen LogP contribution in [0.5, 0.6) is 0 Å². The largest absolute Gasteiger partial charge is 0.480 e. The summed E-state index contributed by atoms with van der Waals surface area (Å²) in [5.74, 6) is -2.51. The summed E-state index contributed by atoms with van der Waals surface area (Å²) in [7, 11) is 0. The van der Waals surface area contributed by atoms with E-state index in [1.165, 1.54) is 6.07 Å². The zero-order valence-corrected chi connectivity index (χ0v) is 11.3. The van der Waals surface area contributed by atoms with E-state index in [4.69, 9.17) is 5.11 Å². The molecule has 0 heterocycles. The highest BCUT2D eigenvalue weighted by Crippen LogP contribution is 2.27. The van der Waals surface area contributed by atoms with Gasteiger partial charge in [0.1, 0.15) is 11.4 Å². The number of benzene rings is 1. The van der Waals surface area contributed by atoms with E-state index < -0.39 is 30.0 Å². The number of carboxylic acids is 1. The maximum Gasteiger partial charge on any atom is 0.401 e. The number of carboxylic acid groups (broad SMARTS) is 1. The molecule has 0 spiro atoms. The van der Waals surface area contributed by atoms with Crippen molar-refractivity contribution in [3.8, 4) is 0 Å².